The standard InChI is InChI=1S/C17H17Cl2N3O/c1-11(12-4-3-5-15(23)6-12)21(2)9-14-10-22-8-13(18)7-16(19)17(22)20-14/h3-8,10-11,23H,9H2,1-2H3. The molecule has 0 radical (unpaired) electrons. The first-order chi connectivity index (χ1) is 10.9. The molecular formula is C17H17Cl2N3O. The Labute approximate surface area is 144 Å². The van der Waals surface area contributed by atoms with Gasteiger partial charge in [0.15, 0.2) is 5.65 Å². The molecule has 0 saturated carbocycles. The molecule has 2 aromatic heterocycles. The Bertz CT molecular complexity index is 847. The number of hydrogen-bond acceptors (Lipinski definition) is 3. The molecule has 3 rings (SSSR count). The summed E-state index contributed by atoms with van der Waals surface area (Å²) in [5.74, 6) is 0.275. The number of hydrogen-bond donors (Lipinski definition) is 1. The molecule has 3 aromatic rings. The van der Waals surface area contributed by atoms with Crippen LogP contribution in [0.2, 0.25) is 10.0 Å². The van der Waals surface area contributed by atoms with Gasteiger partial charge in [-0.05, 0) is 37.7 Å². The lowest BCUT2D eigenvalue weighted by molar-refractivity contribution is 0.250. The molecule has 0 fully saturated rings. The summed E-state index contributed by atoms with van der Waals surface area (Å²) in [6.45, 7) is 2.75. The number of halogens is 2. The fourth-order valence-electron chi connectivity index (χ4n) is 2.58. The van der Waals surface area contributed by atoms with E-state index in [1.54, 1.807) is 24.4 Å². The summed E-state index contributed by atoms with van der Waals surface area (Å²) in [4.78, 5) is 6.73. The van der Waals surface area contributed by atoms with Gasteiger partial charge in [0.1, 0.15) is 5.75 Å². The number of rotatable bonds is 4. The van der Waals surface area contributed by atoms with Crippen LogP contribution in [0.5, 0.6) is 5.75 Å². The first-order valence-corrected chi connectivity index (χ1v) is 8.01. The number of benzene rings is 1. The maximum atomic E-state index is 9.62. The molecule has 120 valence electrons. The number of aromatic hydroxyl groups is 1. The number of phenols is 1. The van der Waals surface area contributed by atoms with Gasteiger partial charge in [0.2, 0.25) is 0 Å². The predicted octanol–water partition coefficient (Wildman–Crippen LogP) is 4.54. The third-order valence-electron chi connectivity index (χ3n) is 3.95. The molecule has 0 amide bonds. The van der Waals surface area contributed by atoms with Gasteiger partial charge in [-0.2, -0.15) is 0 Å². The summed E-state index contributed by atoms with van der Waals surface area (Å²) in [6, 6.07) is 9.13. The number of imidazole rings is 1. The number of aromatic nitrogens is 2. The molecule has 1 atom stereocenters. The highest BCUT2D eigenvalue weighted by molar-refractivity contribution is 6.36. The summed E-state index contributed by atoms with van der Waals surface area (Å²) in [5.41, 5.74) is 2.66. The van der Waals surface area contributed by atoms with Gasteiger partial charge in [0.25, 0.3) is 0 Å². The van der Waals surface area contributed by atoms with Crippen molar-refractivity contribution in [2.45, 2.75) is 19.5 Å². The van der Waals surface area contributed by atoms with Crippen LogP contribution in [0.15, 0.2) is 42.7 Å². The van der Waals surface area contributed by atoms with E-state index in [1.165, 1.54) is 0 Å². The van der Waals surface area contributed by atoms with Gasteiger partial charge < -0.3 is 9.51 Å². The minimum Gasteiger partial charge on any atom is -0.508 e. The van der Waals surface area contributed by atoms with E-state index in [0.29, 0.717) is 22.2 Å². The van der Waals surface area contributed by atoms with Crippen LogP contribution in [0.4, 0.5) is 0 Å². The zero-order valence-electron chi connectivity index (χ0n) is 12.9. The third-order valence-corrected chi connectivity index (χ3v) is 4.43. The molecule has 2 heterocycles. The van der Waals surface area contributed by atoms with Gasteiger partial charge in [-0.1, -0.05) is 35.3 Å². The Morgan fingerprint density at radius 1 is 1.26 bits per heavy atom. The van der Waals surface area contributed by atoms with E-state index in [-0.39, 0.29) is 11.8 Å². The van der Waals surface area contributed by atoms with Crippen LogP contribution in [-0.4, -0.2) is 26.4 Å². The Hall–Kier alpha value is -1.75. The number of pyridine rings is 1. The van der Waals surface area contributed by atoms with Gasteiger partial charge in [-0.3, -0.25) is 4.90 Å². The van der Waals surface area contributed by atoms with Crippen molar-refractivity contribution in [2.75, 3.05) is 7.05 Å². The molecule has 4 nitrogen and oxygen atoms in total. The van der Waals surface area contributed by atoms with Crippen LogP contribution in [0.3, 0.4) is 0 Å². The fourth-order valence-corrected chi connectivity index (χ4v) is 3.11. The smallest absolute Gasteiger partial charge is 0.156 e. The van der Waals surface area contributed by atoms with Gasteiger partial charge in [-0.15, -0.1) is 0 Å². The molecule has 0 aliphatic heterocycles. The first-order valence-electron chi connectivity index (χ1n) is 7.26. The molecule has 1 unspecified atom stereocenters. The van der Waals surface area contributed by atoms with Crippen molar-refractivity contribution in [2.24, 2.45) is 0 Å². The lowest BCUT2D eigenvalue weighted by Crippen LogP contribution is -2.22. The fraction of sp³-hybridized carbons (Fsp3) is 0.235. The second-order valence-corrected chi connectivity index (χ2v) is 6.50. The van der Waals surface area contributed by atoms with Crippen molar-refractivity contribution in [1.29, 1.82) is 0 Å². The Balaban J connectivity index is 1.82. The zero-order valence-corrected chi connectivity index (χ0v) is 14.4. The van der Waals surface area contributed by atoms with Crippen LogP contribution in [0, 0.1) is 0 Å². The van der Waals surface area contributed by atoms with Gasteiger partial charge in [0, 0.05) is 25.0 Å². The molecule has 0 saturated heterocycles. The van der Waals surface area contributed by atoms with E-state index in [1.807, 2.05) is 29.8 Å². The summed E-state index contributed by atoms with van der Waals surface area (Å²) in [6.07, 6.45) is 3.72. The first kappa shape index (κ1) is 16.1. The van der Waals surface area contributed by atoms with Crippen molar-refractivity contribution >= 4 is 28.8 Å². The van der Waals surface area contributed by atoms with E-state index in [2.05, 4.69) is 16.8 Å². The average Bonchev–Trinajstić information content (AvgIpc) is 2.89. The highest BCUT2D eigenvalue weighted by Gasteiger charge is 2.15. The maximum absolute atomic E-state index is 9.62. The summed E-state index contributed by atoms with van der Waals surface area (Å²) < 4.78 is 1.84. The van der Waals surface area contributed by atoms with Crippen LogP contribution in [-0.2, 0) is 6.54 Å². The van der Waals surface area contributed by atoms with Gasteiger partial charge >= 0.3 is 0 Å². The number of phenolic OH excluding ortho intramolecular Hbond substituents is 1. The van der Waals surface area contributed by atoms with Gasteiger partial charge in [-0.25, -0.2) is 4.98 Å². The maximum Gasteiger partial charge on any atom is 0.156 e. The van der Waals surface area contributed by atoms with Crippen molar-refractivity contribution in [3.63, 3.8) is 0 Å². The molecule has 0 aliphatic rings. The molecule has 6 heteroatoms. The van der Waals surface area contributed by atoms with Crippen molar-refractivity contribution in [3.05, 3.63) is 64.0 Å². The van der Waals surface area contributed by atoms with E-state index in [9.17, 15) is 5.11 Å². The Kier molecular flexibility index (Phi) is 4.48. The van der Waals surface area contributed by atoms with Crippen LogP contribution >= 0.6 is 23.2 Å². The minimum absolute atomic E-state index is 0.144. The molecule has 23 heavy (non-hydrogen) atoms. The SMILES string of the molecule is CC(c1cccc(O)c1)N(C)Cc1cn2cc(Cl)cc(Cl)c2n1. The van der Waals surface area contributed by atoms with E-state index in [0.717, 1.165) is 11.3 Å². The van der Waals surface area contributed by atoms with Crippen molar-refractivity contribution < 1.29 is 5.11 Å². The van der Waals surface area contributed by atoms with Crippen LogP contribution < -0.4 is 0 Å². The molecule has 0 bridgehead atoms. The van der Waals surface area contributed by atoms with Crippen molar-refractivity contribution in [1.82, 2.24) is 14.3 Å². The van der Waals surface area contributed by atoms with E-state index >= 15 is 0 Å². The zero-order chi connectivity index (χ0) is 16.6. The number of nitrogens with zero attached hydrogens (tertiary/aromatic N) is 3. The summed E-state index contributed by atoms with van der Waals surface area (Å²) in [7, 11) is 2.02. The van der Waals surface area contributed by atoms with Crippen LogP contribution in [0.1, 0.15) is 24.2 Å². The molecule has 1 aromatic carbocycles. The second-order valence-electron chi connectivity index (χ2n) is 5.66. The predicted molar refractivity (Wildman–Crippen MR) is 93.2 cm³/mol. The van der Waals surface area contributed by atoms with Crippen LogP contribution in [0.25, 0.3) is 5.65 Å². The Morgan fingerprint density at radius 3 is 2.78 bits per heavy atom. The van der Waals surface area contributed by atoms with Gasteiger partial charge in [0.05, 0.1) is 15.7 Å². The second kappa shape index (κ2) is 6.40. The summed E-state index contributed by atoms with van der Waals surface area (Å²) >= 11 is 12.2. The normalized spacial score (nSPS) is 12.9. The highest BCUT2D eigenvalue weighted by atomic mass is 35.5. The monoisotopic (exact) mass is 349 g/mol. The lowest BCUT2D eigenvalue weighted by atomic mass is 10.1. The molecule has 0 spiro atoms. The molecular weight excluding hydrogens is 333 g/mol. The topological polar surface area (TPSA) is 40.8 Å². The average molecular weight is 350 g/mol. The lowest BCUT2D eigenvalue weighted by Gasteiger charge is -2.24. The largest absolute Gasteiger partial charge is 0.508 e. The van der Waals surface area contributed by atoms with E-state index in [4.69, 9.17) is 23.2 Å². The Morgan fingerprint density at radius 2 is 2.04 bits per heavy atom. The number of fused-ring (bicyclic) bond motifs is 1. The van der Waals surface area contributed by atoms with Crippen molar-refractivity contribution in [3.8, 4) is 5.75 Å². The molecule has 1 N–H and O–H groups in total. The molecule has 0 aliphatic carbocycles. The highest BCUT2D eigenvalue weighted by Crippen LogP contribution is 2.25. The third kappa shape index (κ3) is 3.44. The summed E-state index contributed by atoms with van der Waals surface area (Å²) in [5, 5.41) is 10.7. The van der Waals surface area contributed by atoms with E-state index < -0.39 is 0 Å². The quantitative estimate of drug-likeness (QED) is 0.751. The minimum atomic E-state index is 0.144.